The molecule has 8 heteroatoms. The van der Waals surface area contributed by atoms with Crippen molar-refractivity contribution in [3.8, 4) is 0 Å². The van der Waals surface area contributed by atoms with E-state index in [4.69, 9.17) is 5.73 Å². The zero-order chi connectivity index (χ0) is 15.6. The highest BCUT2D eigenvalue weighted by Gasteiger charge is 2.22. The van der Waals surface area contributed by atoms with Crippen molar-refractivity contribution in [1.29, 1.82) is 0 Å². The standard InChI is InChI=1S/C13H12F2N2O2S2/c1-20-10-4-2-9(3-5-10)17-21(18,19)12-7-8(16)6-11(14)13(12)15/h2-7,17H,16H2,1H3. The lowest BCUT2D eigenvalue weighted by Crippen LogP contribution is -2.15. The molecule has 2 rings (SSSR count). The molecule has 0 radical (unpaired) electrons. The average molecular weight is 330 g/mol. The molecule has 0 saturated carbocycles. The van der Waals surface area contributed by atoms with Gasteiger partial charge in [0.25, 0.3) is 10.0 Å². The topological polar surface area (TPSA) is 72.2 Å². The maximum Gasteiger partial charge on any atom is 0.265 e. The van der Waals surface area contributed by atoms with Crippen LogP contribution in [0.2, 0.25) is 0 Å². The number of rotatable bonds is 4. The number of sulfonamides is 1. The van der Waals surface area contributed by atoms with Crippen molar-refractivity contribution in [2.24, 2.45) is 0 Å². The summed E-state index contributed by atoms with van der Waals surface area (Å²) in [6, 6.07) is 8.07. The highest BCUT2D eigenvalue weighted by atomic mass is 32.2. The summed E-state index contributed by atoms with van der Waals surface area (Å²) in [4.78, 5) is 0.119. The van der Waals surface area contributed by atoms with Crippen LogP contribution in [0.5, 0.6) is 0 Å². The quantitative estimate of drug-likeness (QED) is 0.667. The van der Waals surface area contributed by atoms with E-state index in [0.717, 1.165) is 17.0 Å². The van der Waals surface area contributed by atoms with Gasteiger partial charge in [-0.15, -0.1) is 11.8 Å². The molecule has 0 fully saturated rings. The Morgan fingerprint density at radius 1 is 1.14 bits per heavy atom. The zero-order valence-electron chi connectivity index (χ0n) is 10.9. The van der Waals surface area contributed by atoms with E-state index in [1.54, 1.807) is 12.1 Å². The van der Waals surface area contributed by atoms with E-state index >= 15 is 0 Å². The molecule has 112 valence electrons. The minimum Gasteiger partial charge on any atom is -0.399 e. The summed E-state index contributed by atoms with van der Waals surface area (Å²) >= 11 is 1.49. The lowest BCUT2D eigenvalue weighted by molar-refractivity contribution is 0.486. The molecule has 0 unspecified atom stereocenters. The fourth-order valence-electron chi connectivity index (χ4n) is 1.65. The largest absolute Gasteiger partial charge is 0.399 e. The molecule has 0 aromatic heterocycles. The predicted octanol–water partition coefficient (Wildman–Crippen LogP) is 3.07. The molecule has 0 heterocycles. The second-order valence-corrected chi connectivity index (χ2v) is 6.68. The molecule has 0 aliphatic carbocycles. The summed E-state index contributed by atoms with van der Waals surface area (Å²) in [5.74, 6) is -2.77. The van der Waals surface area contributed by atoms with Crippen LogP contribution in [-0.2, 0) is 10.0 Å². The summed E-state index contributed by atoms with van der Waals surface area (Å²) in [7, 11) is -4.26. The maximum absolute atomic E-state index is 13.6. The molecule has 0 bridgehead atoms. The number of thioether (sulfide) groups is 1. The normalized spacial score (nSPS) is 11.4. The minimum atomic E-state index is -4.26. The zero-order valence-corrected chi connectivity index (χ0v) is 12.6. The molecule has 4 nitrogen and oxygen atoms in total. The third-order valence-corrected chi connectivity index (χ3v) is 4.77. The van der Waals surface area contributed by atoms with Crippen LogP contribution in [0.15, 0.2) is 46.2 Å². The van der Waals surface area contributed by atoms with Crippen molar-refractivity contribution in [2.75, 3.05) is 16.7 Å². The SMILES string of the molecule is CSc1ccc(NS(=O)(=O)c2cc(N)cc(F)c2F)cc1. The second kappa shape index (κ2) is 5.90. The van der Waals surface area contributed by atoms with E-state index in [9.17, 15) is 17.2 Å². The monoisotopic (exact) mass is 330 g/mol. The Bertz CT molecular complexity index is 762. The van der Waals surface area contributed by atoms with Crippen LogP contribution in [0.3, 0.4) is 0 Å². The summed E-state index contributed by atoms with van der Waals surface area (Å²) in [6.45, 7) is 0. The first-order chi connectivity index (χ1) is 9.83. The first-order valence-corrected chi connectivity index (χ1v) is 8.45. The van der Waals surface area contributed by atoms with E-state index in [1.807, 2.05) is 6.26 Å². The second-order valence-electron chi connectivity index (χ2n) is 4.15. The van der Waals surface area contributed by atoms with Crippen LogP contribution in [0.25, 0.3) is 0 Å². The number of nitrogen functional groups attached to an aromatic ring is 1. The third kappa shape index (κ3) is 3.45. The highest BCUT2D eigenvalue weighted by molar-refractivity contribution is 7.98. The van der Waals surface area contributed by atoms with Crippen molar-refractivity contribution in [1.82, 2.24) is 0 Å². The van der Waals surface area contributed by atoms with Crippen molar-refractivity contribution < 1.29 is 17.2 Å². The Hall–Kier alpha value is -1.80. The van der Waals surface area contributed by atoms with Crippen LogP contribution < -0.4 is 10.5 Å². The molecule has 21 heavy (non-hydrogen) atoms. The molecular weight excluding hydrogens is 318 g/mol. The summed E-state index contributed by atoms with van der Waals surface area (Å²) in [5, 5.41) is 0. The summed E-state index contributed by atoms with van der Waals surface area (Å²) in [6.07, 6.45) is 1.88. The van der Waals surface area contributed by atoms with Gasteiger partial charge in [-0.3, -0.25) is 4.72 Å². The summed E-state index contributed by atoms with van der Waals surface area (Å²) in [5.41, 5.74) is 5.43. The number of hydrogen-bond acceptors (Lipinski definition) is 4. The number of benzene rings is 2. The van der Waals surface area contributed by atoms with Gasteiger partial charge >= 0.3 is 0 Å². The molecule has 0 saturated heterocycles. The third-order valence-electron chi connectivity index (χ3n) is 2.65. The van der Waals surface area contributed by atoms with Crippen molar-refractivity contribution in [3.05, 3.63) is 48.0 Å². The lowest BCUT2D eigenvalue weighted by Gasteiger charge is -2.10. The molecule has 2 aromatic rings. The van der Waals surface area contributed by atoms with Gasteiger partial charge in [0.1, 0.15) is 4.90 Å². The van der Waals surface area contributed by atoms with E-state index in [1.165, 1.54) is 23.9 Å². The van der Waals surface area contributed by atoms with Crippen LogP contribution in [0.1, 0.15) is 0 Å². The Balaban J connectivity index is 2.38. The van der Waals surface area contributed by atoms with Crippen LogP contribution in [-0.4, -0.2) is 14.7 Å². The first kappa shape index (κ1) is 15.6. The molecule has 0 aliphatic heterocycles. The van der Waals surface area contributed by atoms with Gasteiger partial charge in [-0.05, 0) is 42.7 Å². The van der Waals surface area contributed by atoms with E-state index in [-0.39, 0.29) is 11.4 Å². The first-order valence-electron chi connectivity index (χ1n) is 5.75. The van der Waals surface area contributed by atoms with E-state index in [0.29, 0.717) is 0 Å². The number of nitrogens with two attached hydrogens (primary N) is 1. The number of halogens is 2. The molecule has 3 N–H and O–H groups in total. The van der Waals surface area contributed by atoms with Gasteiger partial charge in [0.15, 0.2) is 11.6 Å². The number of nitrogens with one attached hydrogen (secondary N) is 1. The molecular formula is C13H12F2N2O2S2. The Kier molecular flexibility index (Phi) is 4.38. The average Bonchev–Trinajstić information content (AvgIpc) is 2.43. The van der Waals surface area contributed by atoms with E-state index < -0.39 is 26.6 Å². The smallest absolute Gasteiger partial charge is 0.265 e. The van der Waals surface area contributed by atoms with Crippen molar-refractivity contribution in [3.63, 3.8) is 0 Å². The van der Waals surface area contributed by atoms with Crippen LogP contribution in [0, 0.1) is 11.6 Å². The van der Waals surface area contributed by atoms with Crippen molar-refractivity contribution in [2.45, 2.75) is 9.79 Å². The fourth-order valence-corrected chi connectivity index (χ4v) is 3.24. The summed E-state index contributed by atoms with van der Waals surface area (Å²) < 4.78 is 53.3. The molecule has 0 amide bonds. The highest BCUT2D eigenvalue weighted by Crippen LogP contribution is 2.24. The lowest BCUT2D eigenvalue weighted by atomic mass is 10.3. The van der Waals surface area contributed by atoms with Gasteiger partial charge < -0.3 is 5.73 Å². The maximum atomic E-state index is 13.6. The van der Waals surface area contributed by atoms with Gasteiger partial charge in [-0.25, -0.2) is 17.2 Å². The Morgan fingerprint density at radius 2 is 1.76 bits per heavy atom. The van der Waals surface area contributed by atoms with Gasteiger partial charge in [-0.1, -0.05) is 0 Å². The Morgan fingerprint density at radius 3 is 2.33 bits per heavy atom. The molecule has 2 aromatic carbocycles. The molecule has 0 aliphatic rings. The number of anilines is 2. The minimum absolute atomic E-state index is 0.174. The van der Waals surface area contributed by atoms with Gasteiger partial charge in [-0.2, -0.15) is 0 Å². The van der Waals surface area contributed by atoms with Gasteiger partial charge in [0.2, 0.25) is 0 Å². The fraction of sp³-hybridized carbons (Fsp3) is 0.0769. The molecule has 0 spiro atoms. The molecule has 0 atom stereocenters. The number of hydrogen-bond donors (Lipinski definition) is 2. The van der Waals surface area contributed by atoms with Crippen molar-refractivity contribution >= 4 is 33.2 Å². The van der Waals surface area contributed by atoms with Crippen LogP contribution in [0.4, 0.5) is 20.2 Å². The predicted molar refractivity (Wildman–Crippen MR) is 79.8 cm³/mol. The van der Waals surface area contributed by atoms with Gasteiger partial charge in [0, 0.05) is 16.3 Å². The van der Waals surface area contributed by atoms with Crippen LogP contribution >= 0.6 is 11.8 Å². The van der Waals surface area contributed by atoms with E-state index in [2.05, 4.69) is 4.72 Å². The van der Waals surface area contributed by atoms with Gasteiger partial charge in [0.05, 0.1) is 0 Å². The Labute approximate surface area is 125 Å².